The summed E-state index contributed by atoms with van der Waals surface area (Å²) in [5, 5.41) is 7.53. The van der Waals surface area contributed by atoms with Crippen LogP contribution in [0.4, 0.5) is 0 Å². The molecule has 0 spiro atoms. The Morgan fingerprint density at radius 3 is 2.54 bits per heavy atom. The maximum absolute atomic E-state index is 12.7. The van der Waals surface area contributed by atoms with Crippen molar-refractivity contribution in [2.75, 3.05) is 19.6 Å². The number of likely N-dealkylation sites (tertiary alicyclic amines) is 1. The normalized spacial score (nSPS) is 15.7. The van der Waals surface area contributed by atoms with E-state index in [1.54, 1.807) is 6.20 Å². The second-order valence-electron chi connectivity index (χ2n) is 6.60. The maximum Gasteiger partial charge on any atom is 0.254 e. The van der Waals surface area contributed by atoms with E-state index in [0.29, 0.717) is 12.0 Å². The number of benzene rings is 1. The highest BCUT2D eigenvalue weighted by atomic mass is 16.2. The predicted octanol–water partition coefficient (Wildman–Crippen LogP) is 1.11. The first-order valence-electron chi connectivity index (χ1n) is 9.02. The predicted molar refractivity (Wildman–Crippen MR) is 99.1 cm³/mol. The molecule has 2 amide bonds. The molecule has 138 valence electrons. The van der Waals surface area contributed by atoms with Crippen LogP contribution in [-0.4, -0.2) is 52.2 Å². The van der Waals surface area contributed by atoms with Crippen molar-refractivity contribution in [2.45, 2.75) is 32.2 Å². The first-order valence-corrected chi connectivity index (χ1v) is 9.02. The summed E-state index contributed by atoms with van der Waals surface area (Å²) in [7, 11) is 0. The fourth-order valence-electron chi connectivity index (χ4n) is 3.41. The fourth-order valence-corrected chi connectivity index (χ4v) is 3.41. The number of aromatic nitrogens is 2. The molecule has 2 heterocycles. The van der Waals surface area contributed by atoms with Gasteiger partial charge in [0.05, 0.1) is 29.7 Å². The second kappa shape index (κ2) is 8.14. The van der Waals surface area contributed by atoms with Gasteiger partial charge in [0.15, 0.2) is 0 Å². The summed E-state index contributed by atoms with van der Waals surface area (Å²) in [6, 6.07) is 9.92. The van der Waals surface area contributed by atoms with Gasteiger partial charge in [-0.25, -0.2) is 4.68 Å². The van der Waals surface area contributed by atoms with Crippen molar-refractivity contribution in [1.82, 2.24) is 20.0 Å². The van der Waals surface area contributed by atoms with Crippen molar-refractivity contribution in [3.05, 3.63) is 47.8 Å². The molecular weight excluding hydrogens is 330 g/mol. The maximum atomic E-state index is 12.7. The van der Waals surface area contributed by atoms with E-state index in [4.69, 9.17) is 5.73 Å². The molecule has 3 rings (SSSR count). The van der Waals surface area contributed by atoms with Gasteiger partial charge in [0.25, 0.3) is 5.91 Å². The zero-order valence-corrected chi connectivity index (χ0v) is 15.0. The topological polar surface area (TPSA) is 93.2 Å². The van der Waals surface area contributed by atoms with Gasteiger partial charge in [0.1, 0.15) is 0 Å². The number of para-hydroxylation sites is 1. The van der Waals surface area contributed by atoms with E-state index in [9.17, 15) is 9.59 Å². The third-order valence-electron chi connectivity index (χ3n) is 4.75. The van der Waals surface area contributed by atoms with Crippen LogP contribution in [0.5, 0.6) is 0 Å². The Kier molecular flexibility index (Phi) is 5.68. The lowest BCUT2D eigenvalue weighted by atomic mass is 10.0. The van der Waals surface area contributed by atoms with E-state index in [1.165, 1.54) is 0 Å². The van der Waals surface area contributed by atoms with E-state index < -0.39 is 0 Å². The summed E-state index contributed by atoms with van der Waals surface area (Å²) in [4.78, 5) is 25.8. The van der Waals surface area contributed by atoms with E-state index in [2.05, 4.69) is 10.4 Å². The first-order chi connectivity index (χ1) is 12.6. The van der Waals surface area contributed by atoms with Crippen molar-refractivity contribution in [1.29, 1.82) is 0 Å². The van der Waals surface area contributed by atoms with Gasteiger partial charge in [-0.05, 0) is 31.4 Å². The zero-order chi connectivity index (χ0) is 18.5. The number of nitrogens with two attached hydrogens (primary N) is 1. The third-order valence-corrected chi connectivity index (χ3v) is 4.75. The number of nitrogens with zero attached hydrogens (tertiary/aromatic N) is 3. The molecule has 1 aliphatic heterocycles. The number of nitrogens with one attached hydrogen (secondary N) is 1. The molecule has 1 fully saturated rings. The summed E-state index contributed by atoms with van der Waals surface area (Å²) < 4.78 is 1.82. The second-order valence-corrected chi connectivity index (χ2v) is 6.60. The van der Waals surface area contributed by atoms with Crippen LogP contribution in [0, 0.1) is 0 Å². The Balaban J connectivity index is 1.66. The van der Waals surface area contributed by atoms with E-state index in [0.717, 1.165) is 37.3 Å². The van der Waals surface area contributed by atoms with Gasteiger partial charge in [0.2, 0.25) is 5.91 Å². The summed E-state index contributed by atoms with van der Waals surface area (Å²) >= 11 is 0. The van der Waals surface area contributed by atoms with Crippen LogP contribution in [0.1, 0.15) is 35.8 Å². The van der Waals surface area contributed by atoms with Crippen molar-refractivity contribution in [3.63, 3.8) is 0 Å². The standard InChI is InChI=1S/C19H25N5O2/c1-2-17-16(12-21-24(17)15-6-4-3-5-7-15)19(26)22-14-8-10-23(11-9-14)13-18(20)25/h3-7,12,14H,2,8-11,13H2,1H3,(H2,20,25)(H,22,26). The molecule has 7 heteroatoms. The van der Waals surface area contributed by atoms with Crippen molar-refractivity contribution in [3.8, 4) is 5.69 Å². The van der Waals surface area contributed by atoms with Crippen LogP contribution in [-0.2, 0) is 11.2 Å². The van der Waals surface area contributed by atoms with Crippen LogP contribution in [0.3, 0.4) is 0 Å². The molecule has 2 aromatic rings. The smallest absolute Gasteiger partial charge is 0.254 e. The fraction of sp³-hybridized carbons (Fsp3) is 0.421. The lowest BCUT2D eigenvalue weighted by molar-refractivity contribution is -0.119. The minimum Gasteiger partial charge on any atom is -0.369 e. The molecule has 0 aliphatic carbocycles. The zero-order valence-electron chi connectivity index (χ0n) is 15.0. The lowest BCUT2D eigenvalue weighted by Gasteiger charge is -2.31. The third kappa shape index (κ3) is 4.11. The molecule has 0 atom stereocenters. The minimum absolute atomic E-state index is 0.0858. The summed E-state index contributed by atoms with van der Waals surface area (Å²) in [5.41, 5.74) is 7.71. The first kappa shape index (κ1) is 18.1. The van der Waals surface area contributed by atoms with Crippen LogP contribution < -0.4 is 11.1 Å². The van der Waals surface area contributed by atoms with Gasteiger partial charge in [-0.3, -0.25) is 14.5 Å². The average molecular weight is 355 g/mol. The molecule has 0 unspecified atom stereocenters. The van der Waals surface area contributed by atoms with Crippen molar-refractivity contribution in [2.24, 2.45) is 5.73 Å². The van der Waals surface area contributed by atoms with Gasteiger partial charge < -0.3 is 11.1 Å². The van der Waals surface area contributed by atoms with Crippen molar-refractivity contribution < 1.29 is 9.59 Å². The number of hydrogen-bond acceptors (Lipinski definition) is 4. The number of amides is 2. The summed E-state index contributed by atoms with van der Waals surface area (Å²) in [6.07, 6.45) is 3.98. The number of carbonyl (C=O) groups excluding carboxylic acids is 2. The van der Waals surface area contributed by atoms with E-state index >= 15 is 0 Å². The quantitative estimate of drug-likeness (QED) is 0.812. The highest BCUT2D eigenvalue weighted by Crippen LogP contribution is 2.17. The molecule has 0 saturated carbocycles. The van der Waals surface area contributed by atoms with Gasteiger partial charge in [0, 0.05) is 19.1 Å². The van der Waals surface area contributed by atoms with Crippen LogP contribution in [0.25, 0.3) is 5.69 Å². The largest absolute Gasteiger partial charge is 0.369 e. The Labute approximate surface area is 153 Å². The Morgan fingerprint density at radius 1 is 1.23 bits per heavy atom. The van der Waals surface area contributed by atoms with Crippen LogP contribution >= 0.6 is 0 Å². The molecule has 1 aliphatic rings. The average Bonchev–Trinajstić information content (AvgIpc) is 3.08. The van der Waals surface area contributed by atoms with Crippen LogP contribution in [0.15, 0.2) is 36.5 Å². The number of carbonyl (C=O) groups is 2. The Bertz CT molecular complexity index is 763. The molecular formula is C19H25N5O2. The van der Waals surface area contributed by atoms with Crippen LogP contribution in [0.2, 0.25) is 0 Å². The molecule has 7 nitrogen and oxygen atoms in total. The number of piperidine rings is 1. The SMILES string of the molecule is CCc1c(C(=O)NC2CCN(CC(N)=O)CC2)cnn1-c1ccccc1. The Hall–Kier alpha value is -2.67. The summed E-state index contributed by atoms with van der Waals surface area (Å²) in [5.74, 6) is -0.397. The minimum atomic E-state index is -0.312. The number of hydrogen-bond donors (Lipinski definition) is 2. The van der Waals surface area contributed by atoms with Gasteiger partial charge in [-0.2, -0.15) is 5.10 Å². The molecule has 0 bridgehead atoms. The molecule has 3 N–H and O–H groups in total. The van der Waals surface area contributed by atoms with Gasteiger partial charge in [-0.1, -0.05) is 25.1 Å². The van der Waals surface area contributed by atoms with E-state index in [-0.39, 0.29) is 24.4 Å². The monoisotopic (exact) mass is 355 g/mol. The Morgan fingerprint density at radius 2 is 1.92 bits per heavy atom. The number of rotatable bonds is 6. The highest BCUT2D eigenvalue weighted by Gasteiger charge is 2.24. The molecule has 26 heavy (non-hydrogen) atoms. The van der Waals surface area contributed by atoms with Crippen molar-refractivity contribution >= 4 is 11.8 Å². The molecule has 0 radical (unpaired) electrons. The lowest BCUT2D eigenvalue weighted by Crippen LogP contribution is -2.46. The van der Waals surface area contributed by atoms with Gasteiger partial charge in [-0.15, -0.1) is 0 Å². The van der Waals surface area contributed by atoms with Gasteiger partial charge >= 0.3 is 0 Å². The number of primary amides is 1. The highest BCUT2D eigenvalue weighted by molar-refractivity contribution is 5.95. The molecule has 1 aromatic carbocycles. The van der Waals surface area contributed by atoms with E-state index in [1.807, 2.05) is 46.8 Å². The molecule has 1 aromatic heterocycles. The summed E-state index contributed by atoms with van der Waals surface area (Å²) in [6.45, 7) is 3.83. The molecule has 1 saturated heterocycles.